The van der Waals surface area contributed by atoms with Gasteiger partial charge < -0.3 is 4.74 Å². The zero-order valence-corrected chi connectivity index (χ0v) is 9.82. The highest BCUT2D eigenvalue weighted by atomic mass is 16.5. The van der Waals surface area contributed by atoms with Gasteiger partial charge in [-0.05, 0) is 23.6 Å². The van der Waals surface area contributed by atoms with Crippen LogP contribution in [0.4, 0.5) is 0 Å². The molecule has 0 spiro atoms. The van der Waals surface area contributed by atoms with Gasteiger partial charge in [-0.2, -0.15) is 5.10 Å². The first-order valence-corrected chi connectivity index (χ1v) is 5.40. The maximum atomic E-state index is 5.51. The van der Waals surface area contributed by atoms with Crippen LogP contribution in [-0.4, -0.2) is 17.3 Å². The normalized spacial score (nSPS) is 10.8. The lowest BCUT2D eigenvalue weighted by molar-refractivity contribution is 0.409. The van der Waals surface area contributed by atoms with E-state index >= 15 is 0 Å². The van der Waals surface area contributed by atoms with Crippen molar-refractivity contribution < 1.29 is 4.74 Å². The summed E-state index contributed by atoms with van der Waals surface area (Å²) in [5.74, 6) is 1.37. The molecule has 0 fully saturated rings. The summed E-state index contributed by atoms with van der Waals surface area (Å²) in [4.78, 5) is 0. The maximum Gasteiger partial charge on any atom is 0.131 e. The van der Waals surface area contributed by atoms with Crippen LogP contribution in [0.5, 0.6) is 5.75 Å². The molecule has 1 aromatic carbocycles. The highest BCUT2D eigenvalue weighted by Crippen LogP contribution is 2.35. The molecule has 3 nitrogen and oxygen atoms in total. The number of hydrogen-bond donors (Lipinski definition) is 1. The van der Waals surface area contributed by atoms with Gasteiger partial charge in [-0.3, -0.25) is 5.10 Å². The Labute approximate surface area is 95.5 Å². The number of hydrogen-bond acceptors (Lipinski definition) is 2. The fourth-order valence-corrected chi connectivity index (χ4v) is 1.86. The summed E-state index contributed by atoms with van der Waals surface area (Å²) in [6.07, 6.45) is 1.75. The van der Waals surface area contributed by atoms with E-state index in [4.69, 9.17) is 4.74 Å². The van der Waals surface area contributed by atoms with Crippen molar-refractivity contribution in [2.45, 2.75) is 19.8 Å². The summed E-state index contributed by atoms with van der Waals surface area (Å²) in [6.45, 7) is 4.32. The first-order chi connectivity index (χ1) is 7.74. The predicted molar refractivity (Wildman–Crippen MR) is 64.7 cm³/mol. The van der Waals surface area contributed by atoms with Gasteiger partial charge in [0.25, 0.3) is 0 Å². The SMILES string of the molecule is COc1c(-c2ccn[nH]2)cccc1C(C)C. The van der Waals surface area contributed by atoms with Crippen LogP contribution in [0.3, 0.4) is 0 Å². The number of ether oxygens (including phenoxy) is 1. The molecule has 0 saturated heterocycles. The van der Waals surface area contributed by atoms with Crippen molar-refractivity contribution >= 4 is 0 Å². The largest absolute Gasteiger partial charge is 0.496 e. The number of benzene rings is 1. The third-order valence-electron chi connectivity index (χ3n) is 2.66. The number of methoxy groups -OCH3 is 1. The molecule has 1 N–H and O–H groups in total. The summed E-state index contributed by atoms with van der Waals surface area (Å²) in [7, 11) is 1.71. The molecule has 84 valence electrons. The van der Waals surface area contributed by atoms with Crippen LogP contribution >= 0.6 is 0 Å². The van der Waals surface area contributed by atoms with E-state index < -0.39 is 0 Å². The van der Waals surface area contributed by atoms with E-state index in [0.717, 1.165) is 17.0 Å². The zero-order valence-electron chi connectivity index (χ0n) is 9.82. The summed E-state index contributed by atoms with van der Waals surface area (Å²) in [5.41, 5.74) is 3.26. The fraction of sp³-hybridized carbons (Fsp3) is 0.308. The number of para-hydroxylation sites is 1. The minimum Gasteiger partial charge on any atom is -0.496 e. The Bertz CT molecular complexity index is 461. The molecular weight excluding hydrogens is 200 g/mol. The molecule has 1 heterocycles. The van der Waals surface area contributed by atoms with E-state index in [1.807, 2.05) is 18.2 Å². The van der Waals surface area contributed by atoms with Crippen LogP contribution in [0.1, 0.15) is 25.3 Å². The molecule has 0 radical (unpaired) electrons. The average molecular weight is 216 g/mol. The Morgan fingerprint density at radius 1 is 1.25 bits per heavy atom. The van der Waals surface area contributed by atoms with Crippen molar-refractivity contribution in [1.82, 2.24) is 10.2 Å². The Kier molecular flexibility index (Phi) is 2.95. The quantitative estimate of drug-likeness (QED) is 0.855. The number of nitrogens with zero attached hydrogens (tertiary/aromatic N) is 1. The van der Waals surface area contributed by atoms with Gasteiger partial charge in [-0.1, -0.05) is 26.0 Å². The molecule has 3 heteroatoms. The van der Waals surface area contributed by atoms with Crippen molar-refractivity contribution in [2.24, 2.45) is 0 Å². The molecule has 0 aliphatic carbocycles. The molecule has 0 bridgehead atoms. The fourth-order valence-electron chi connectivity index (χ4n) is 1.86. The number of H-pyrrole nitrogens is 1. The van der Waals surface area contributed by atoms with Gasteiger partial charge in [0, 0.05) is 11.8 Å². The van der Waals surface area contributed by atoms with E-state index in [-0.39, 0.29) is 0 Å². The highest BCUT2D eigenvalue weighted by Gasteiger charge is 2.13. The van der Waals surface area contributed by atoms with Crippen LogP contribution in [0, 0.1) is 0 Å². The maximum absolute atomic E-state index is 5.51. The molecule has 0 amide bonds. The number of rotatable bonds is 3. The molecule has 16 heavy (non-hydrogen) atoms. The second kappa shape index (κ2) is 4.39. The van der Waals surface area contributed by atoms with Crippen LogP contribution in [0.15, 0.2) is 30.5 Å². The summed E-state index contributed by atoms with van der Waals surface area (Å²) < 4.78 is 5.51. The molecule has 1 aromatic heterocycles. The Morgan fingerprint density at radius 2 is 2.06 bits per heavy atom. The molecule has 2 aromatic rings. The molecule has 0 unspecified atom stereocenters. The zero-order chi connectivity index (χ0) is 11.5. The number of nitrogens with one attached hydrogen (secondary N) is 1. The Morgan fingerprint density at radius 3 is 2.62 bits per heavy atom. The van der Waals surface area contributed by atoms with Crippen molar-refractivity contribution in [1.29, 1.82) is 0 Å². The lowest BCUT2D eigenvalue weighted by Crippen LogP contribution is -1.96. The number of aromatic amines is 1. The summed E-state index contributed by atoms with van der Waals surface area (Å²) >= 11 is 0. The van der Waals surface area contributed by atoms with Gasteiger partial charge in [-0.25, -0.2) is 0 Å². The predicted octanol–water partition coefficient (Wildman–Crippen LogP) is 3.21. The lowest BCUT2D eigenvalue weighted by atomic mass is 9.98. The molecule has 0 saturated carbocycles. The minimum atomic E-state index is 0.442. The van der Waals surface area contributed by atoms with Gasteiger partial charge in [-0.15, -0.1) is 0 Å². The van der Waals surface area contributed by atoms with Gasteiger partial charge in [0.1, 0.15) is 5.75 Å². The minimum absolute atomic E-state index is 0.442. The van der Waals surface area contributed by atoms with Crippen molar-refractivity contribution in [3.63, 3.8) is 0 Å². The summed E-state index contributed by atoms with van der Waals surface area (Å²) in [5, 5.41) is 6.93. The Balaban J connectivity index is 2.58. The van der Waals surface area contributed by atoms with Crippen LogP contribution in [0.25, 0.3) is 11.3 Å². The molecule has 0 aliphatic rings. The first kappa shape index (κ1) is 10.7. The average Bonchev–Trinajstić information content (AvgIpc) is 2.81. The summed E-state index contributed by atoms with van der Waals surface area (Å²) in [6, 6.07) is 8.14. The molecule has 0 aliphatic heterocycles. The van der Waals surface area contributed by atoms with Crippen molar-refractivity contribution in [3.05, 3.63) is 36.0 Å². The van der Waals surface area contributed by atoms with Gasteiger partial charge >= 0.3 is 0 Å². The number of aromatic nitrogens is 2. The molecule has 0 atom stereocenters. The van der Waals surface area contributed by atoms with Gasteiger partial charge in [0.05, 0.1) is 12.8 Å². The van der Waals surface area contributed by atoms with E-state index in [9.17, 15) is 0 Å². The van der Waals surface area contributed by atoms with E-state index in [2.05, 4.69) is 30.1 Å². The van der Waals surface area contributed by atoms with E-state index in [1.54, 1.807) is 13.3 Å². The third kappa shape index (κ3) is 1.81. The molecular formula is C13H16N2O. The van der Waals surface area contributed by atoms with Gasteiger partial charge in [0.15, 0.2) is 0 Å². The lowest BCUT2D eigenvalue weighted by Gasteiger charge is -2.14. The Hall–Kier alpha value is -1.77. The monoisotopic (exact) mass is 216 g/mol. The van der Waals surface area contributed by atoms with Crippen LogP contribution < -0.4 is 4.74 Å². The second-order valence-corrected chi connectivity index (χ2v) is 4.05. The van der Waals surface area contributed by atoms with Gasteiger partial charge in [0.2, 0.25) is 0 Å². The van der Waals surface area contributed by atoms with Crippen LogP contribution in [-0.2, 0) is 0 Å². The smallest absolute Gasteiger partial charge is 0.131 e. The second-order valence-electron chi connectivity index (χ2n) is 4.05. The molecule has 2 rings (SSSR count). The highest BCUT2D eigenvalue weighted by molar-refractivity contribution is 5.69. The topological polar surface area (TPSA) is 37.9 Å². The van der Waals surface area contributed by atoms with Crippen molar-refractivity contribution in [3.8, 4) is 17.0 Å². The van der Waals surface area contributed by atoms with E-state index in [0.29, 0.717) is 5.92 Å². The third-order valence-corrected chi connectivity index (χ3v) is 2.66. The standard InChI is InChI=1S/C13H16N2O/c1-9(2)10-5-4-6-11(13(10)16-3)12-7-8-14-15-12/h4-9H,1-3H3,(H,14,15). The van der Waals surface area contributed by atoms with E-state index in [1.165, 1.54) is 5.56 Å². The van der Waals surface area contributed by atoms with Crippen LogP contribution in [0.2, 0.25) is 0 Å². The van der Waals surface area contributed by atoms with Crippen molar-refractivity contribution in [2.75, 3.05) is 7.11 Å². The first-order valence-electron chi connectivity index (χ1n) is 5.40.